The monoisotopic (exact) mass is 320 g/mol. The minimum Gasteiger partial charge on any atom is -0.466 e. The molecule has 1 aromatic rings. The lowest BCUT2D eigenvalue weighted by Crippen LogP contribution is -2.42. The average Bonchev–Trinajstić information content (AvgIpc) is 2.96. The van der Waals surface area contributed by atoms with E-state index < -0.39 is 5.41 Å². The van der Waals surface area contributed by atoms with Crippen LogP contribution in [0.25, 0.3) is 0 Å². The molecule has 7 nitrogen and oxygen atoms in total. The van der Waals surface area contributed by atoms with Crippen LogP contribution in [0, 0.1) is 18.3 Å². The second-order valence-corrected chi connectivity index (χ2v) is 6.18. The van der Waals surface area contributed by atoms with Gasteiger partial charge in [-0.25, -0.2) is 9.78 Å². The van der Waals surface area contributed by atoms with Gasteiger partial charge in [0.25, 0.3) is 0 Å². The Morgan fingerprint density at radius 2 is 2.13 bits per heavy atom. The van der Waals surface area contributed by atoms with E-state index in [0.717, 1.165) is 5.69 Å². The van der Waals surface area contributed by atoms with Crippen LogP contribution in [0.4, 0.5) is 10.6 Å². The maximum atomic E-state index is 12.4. The zero-order valence-electron chi connectivity index (χ0n) is 14.1. The number of carbonyl (C=O) groups excluding carboxylic acids is 2. The number of likely N-dealkylation sites (tertiary alicyclic amines) is 1. The van der Waals surface area contributed by atoms with Crippen molar-refractivity contribution in [3.05, 3.63) is 18.1 Å². The molecular formula is C16H24N4O3. The number of aryl methyl sites for hydroxylation is 1. The number of rotatable bonds is 4. The molecule has 1 aliphatic rings. The number of aromatic nitrogens is 2. The number of anilines is 1. The lowest BCUT2D eigenvalue weighted by molar-refractivity contribution is -0.157. The second kappa shape index (κ2) is 6.93. The first-order valence-corrected chi connectivity index (χ1v) is 7.91. The van der Waals surface area contributed by atoms with E-state index >= 15 is 0 Å². The SMILES string of the molecule is CCOC(=O)C1(C(C)C)CCN(C(=O)Nc2cnc(C)cn2)C1. The van der Waals surface area contributed by atoms with Crippen LogP contribution in [-0.4, -0.2) is 46.6 Å². The van der Waals surface area contributed by atoms with Crippen LogP contribution < -0.4 is 5.32 Å². The van der Waals surface area contributed by atoms with Gasteiger partial charge in [-0.1, -0.05) is 13.8 Å². The van der Waals surface area contributed by atoms with Crippen molar-refractivity contribution in [1.29, 1.82) is 0 Å². The van der Waals surface area contributed by atoms with Crippen molar-refractivity contribution >= 4 is 17.8 Å². The number of amides is 2. The van der Waals surface area contributed by atoms with Gasteiger partial charge in [0.15, 0.2) is 5.82 Å². The normalized spacial score (nSPS) is 20.7. The molecule has 0 saturated carbocycles. The molecule has 0 bridgehead atoms. The molecule has 0 aromatic carbocycles. The molecule has 0 aliphatic carbocycles. The van der Waals surface area contributed by atoms with E-state index in [1.807, 2.05) is 20.8 Å². The summed E-state index contributed by atoms with van der Waals surface area (Å²) in [6, 6.07) is -0.269. The summed E-state index contributed by atoms with van der Waals surface area (Å²) in [4.78, 5) is 34.6. The molecule has 0 radical (unpaired) electrons. The molecule has 1 saturated heterocycles. The fraction of sp³-hybridized carbons (Fsp3) is 0.625. The molecule has 1 aliphatic heterocycles. The minimum absolute atomic E-state index is 0.0958. The van der Waals surface area contributed by atoms with Crippen molar-refractivity contribution in [3.63, 3.8) is 0 Å². The number of carbonyl (C=O) groups is 2. The fourth-order valence-corrected chi connectivity index (χ4v) is 2.80. The van der Waals surface area contributed by atoms with Crippen LogP contribution in [0.15, 0.2) is 12.4 Å². The number of nitrogens with zero attached hydrogens (tertiary/aromatic N) is 3. The number of nitrogens with one attached hydrogen (secondary N) is 1. The Morgan fingerprint density at radius 3 is 2.70 bits per heavy atom. The Balaban J connectivity index is 2.06. The molecular weight excluding hydrogens is 296 g/mol. The van der Waals surface area contributed by atoms with Gasteiger partial charge in [-0.15, -0.1) is 0 Å². The standard InChI is InChI=1S/C16H24N4O3/c1-5-23-14(21)16(11(2)3)6-7-20(10-16)15(22)19-13-9-17-12(4)8-18-13/h8-9,11H,5-7,10H2,1-4H3,(H,18,19,22). The topological polar surface area (TPSA) is 84.4 Å². The number of hydrogen-bond acceptors (Lipinski definition) is 5. The van der Waals surface area contributed by atoms with Crippen LogP contribution in [0.3, 0.4) is 0 Å². The molecule has 2 amide bonds. The van der Waals surface area contributed by atoms with E-state index in [4.69, 9.17) is 4.74 Å². The molecule has 1 fully saturated rings. The Labute approximate surface area is 136 Å². The van der Waals surface area contributed by atoms with Crippen molar-refractivity contribution in [2.75, 3.05) is 25.0 Å². The summed E-state index contributed by atoms with van der Waals surface area (Å²) >= 11 is 0. The number of ether oxygens (including phenoxy) is 1. The Hall–Kier alpha value is -2.18. The molecule has 2 rings (SSSR count). The van der Waals surface area contributed by atoms with E-state index in [1.165, 1.54) is 6.20 Å². The van der Waals surface area contributed by atoms with Gasteiger partial charge in [-0.05, 0) is 26.2 Å². The Morgan fingerprint density at radius 1 is 1.39 bits per heavy atom. The van der Waals surface area contributed by atoms with E-state index in [2.05, 4.69) is 15.3 Å². The molecule has 0 spiro atoms. The van der Waals surface area contributed by atoms with Crippen molar-refractivity contribution in [2.45, 2.75) is 34.1 Å². The summed E-state index contributed by atoms with van der Waals surface area (Å²) in [5, 5.41) is 2.72. The number of urea groups is 1. The van der Waals surface area contributed by atoms with E-state index in [0.29, 0.717) is 31.9 Å². The first-order valence-electron chi connectivity index (χ1n) is 7.91. The molecule has 1 N–H and O–H groups in total. The second-order valence-electron chi connectivity index (χ2n) is 6.18. The third-order valence-corrected chi connectivity index (χ3v) is 4.39. The van der Waals surface area contributed by atoms with E-state index in [-0.39, 0.29) is 17.9 Å². The van der Waals surface area contributed by atoms with Crippen molar-refractivity contribution in [1.82, 2.24) is 14.9 Å². The smallest absolute Gasteiger partial charge is 0.323 e. The molecule has 2 heterocycles. The zero-order valence-corrected chi connectivity index (χ0v) is 14.1. The summed E-state index contributed by atoms with van der Waals surface area (Å²) in [6.45, 7) is 8.82. The first kappa shape index (κ1) is 17.2. The maximum Gasteiger partial charge on any atom is 0.323 e. The summed E-state index contributed by atoms with van der Waals surface area (Å²) in [6.07, 6.45) is 3.72. The molecule has 7 heteroatoms. The molecule has 1 unspecified atom stereocenters. The predicted octanol–water partition coefficient (Wildman–Crippen LogP) is 2.23. The van der Waals surface area contributed by atoms with Gasteiger partial charge >= 0.3 is 12.0 Å². The van der Waals surface area contributed by atoms with Gasteiger partial charge in [0.1, 0.15) is 0 Å². The van der Waals surface area contributed by atoms with Gasteiger partial charge in [-0.3, -0.25) is 15.1 Å². The van der Waals surface area contributed by atoms with Gasteiger partial charge in [0.05, 0.1) is 30.1 Å². The highest BCUT2D eigenvalue weighted by atomic mass is 16.5. The summed E-state index contributed by atoms with van der Waals surface area (Å²) in [5.41, 5.74) is 0.150. The number of hydrogen-bond donors (Lipinski definition) is 1. The quantitative estimate of drug-likeness (QED) is 0.860. The van der Waals surface area contributed by atoms with Gasteiger partial charge in [0.2, 0.25) is 0 Å². The predicted molar refractivity (Wildman–Crippen MR) is 85.9 cm³/mol. The highest BCUT2D eigenvalue weighted by molar-refractivity contribution is 5.89. The fourth-order valence-electron chi connectivity index (χ4n) is 2.80. The Kier molecular flexibility index (Phi) is 5.18. The lowest BCUT2D eigenvalue weighted by atomic mass is 9.76. The molecule has 23 heavy (non-hydrogen) atoms. The van der Waals surface area contributed by atoms with Gasteiger partial charge in [0, 0.05) is 13.1 Å². The van der Waals surface area contributed by atoms with Gasteiger partial charge < -0.3 is 9.64 Å². The van der Waals surface area contributed by atoms with Crippen LogP contribution in [0.1, 0.15) is 32.9 Å². The van der Waals surface area contributed by atoms with Crippen LogP contribution in [-0.2, 0) is 9.53 Å². The van der Waals surface area contributed by atoms with Crippen LogP contribution in [0.2, 0.25) is 0 Å². The lowest BCUT2D eigenvalue weighted by Gasteiger charge is -2.30. The maximum absolute atomic E-state index is 12.4. The summed E-state index contributed by atoms with van der Waals surface area (Å²) in [5.74, 6) is 0.276. The highest BCUT2D eigenvalue weighted by Gasteiger charge is 2.49. The average molecular weight is 320 g/mol. The van der Waals surface area contributed by atoms with Crippen molar-refractivity contribution in [3.8, 4) is 0 Å². The first-order chi connectivity index (χ1) is 10.9. The van der Waals surface area contributed by atoms with E-state index in [1.54, 1.807) is 18.0 Å². The third-order valence-electron chi connectivity index (χ3n) is 4.39. The summed E-state index contributed by atoms with van der Waals surface area (Å²) < 4.78 is 5.23. The molecule has 1 aromatic heterocycles. The van der Waals surface area contributed by atoms with Crippen molar-refractivity contribution < 1.29 is 14.3 Å². The van der Waals surface area contributed by atoms with Crippen LogP contribution in [0.5, 0.6) is 0 Å². The highest BCUT2D eigenvalue weighted by Crippen LogP contribution is 2.39. The molecule has 1 atom stereocenters. The Bertz CT molecular complexity index is 573. The summed E-state index contributed by atoms with van der Waals surface area (Å²) in [7, 11) is 0. The third kappa shape index (κ3) is 3.60. The van der Waals surface area contributed by atoms with Crippen molar-refractivity contribution in [2.24, 2.45) is 11.3 Å². The number of esters is 1. The van der Waals surface area contributed by atoms with E-state index in [9.17, 15) is 9.59 Å². The van der Waals surface area contributed by atoms with Crippen LogP contribution >= 0.6 is 0 Å². The minimum atomic E-state index is -0.633. The van der Waals surface area contributed by atoms with Gasteiger partial charge in [-0.2, -0.15) is 0 Å². The zero-order chi connectivity index (χ0) is 17.0. The molecule has 126 valence electrons. The largest absolute Gasteiger partial charge is 0.466 e.